The minimum atomic E-state index is 0.0847. The van der Waals surface area contributed by atoms with E-state index in [0.29, 0.717) is 6.04 Å². The van der Waals surface area contributed by atoms with Gasteiger partial charge in [-0.15, -0.1) is 0 Å². The van der Waals surface area contributed by atoms with Crippen LogP contribution >= 0.6 is 0 Å². The molecule has 1 aromatic heterocycles. The standard InChI is InChI=1S/C15H24N2O/c1-3-12(2)18-15(13-8-4-6-10-16-13)14-9-5-7-11-17-14/h4,6,8,10,12,14-15,17H,3,5,7,9,11H2,1-2H3. The van der Waals surface area contributed by atoms with Gasteiger partial charge in [-0.05, 0) is 44.9 Å². The normalized spacial score (nSPS) is 23.6. The summed E-state index contributed by atoms with van der Waals surface area (Å²) in [6.45, 7) is 5.39. The van der Waals surface area contributed by atoms with Crippen molar-refractivity contribution in [1.29, 1.82) is 0 Å². The molecular weight excluding hydrogens is 224 g/mol. The summed E-state index contributed by atoms with van der Waals surface area (Å²) in [6.07, 6.45) is 6.99. The summed E-state index contributed by atoms with van der Waals surface area (Å²) >= 11 is 0. The predicted octanol–water partition coefficient (Wildman–Crippen LogP) is 3.08. The first-order chi connectivity index (χ1) is 8.81. The average Bonchev–Trinajstić information content (AvgIpc) is 2.46. The van der Waals surface area contributed by atoms with Crippen molar-refractivity contribution in [2.24, 2.45) is 0 Å². The van der Waals surface area contributed by atoms with Crippen molar-refractivity contribution in [1.82, 2.24) is 10.3 Å². The SMILES string of the molecule is CCC(C)OC(c1ccccn1)C1CCCCN1. The Morgan fingerprint density at radius 1 is 1.44 bits per heavy atom. The van der Waals surface area contributed by atoms with Crippen LogP contribution in [-0.2, 0) is 4.74 Å². The van der Waals surface area contributed by atoms with Gasteiger partial charge in [0.2, 0.25) is 0 Å². The highest BCUT2D eigenvalue weighted by Crippen LogP contribution is 2.26. The van der Waals surface area contributed by atoms with Gasteiger partial charge >= 0.3 is 0 Å². The molecule has 3 nitrogen and oxygen atoms in total. The van der Waals surface area contributed by atoms with E-state index >= 15 is 0 Å². The minimum Gasteiger partial charge on any atom is -0.367 e. The molecule has 1 aromatic rings. The van der Waals surface area contributed by atoms with E-state index < -0.39 is 0 Å². The Morgan fingerprint density at radius 3 is 2.94 bits per heavy atom. The fourth-order valence-electron chi connectivity index (χ4n) is 2.40. The summed E-state index contributed by atoms with van der Waals surface area (Å²) in [7, 11) is 0. The van der Waals surface area contributed by atoms with E-state index in [9.17, 15) is 0 Å². The second kappa shape index (κ2) is 6.86. The number of aromatic nitrogens is 1. The molecule has 0 spiro atoms. The highest BCUT2D eigenvalue weighted by molar-refractivity contribution is 5.10. The Bertz CT molecular complexity index is 336. The van der Waals surface area contributed by atoms with E-state index in [4.69, 9.17) is 4.74 Å². The maximum absolute atomic E-state index is 6.20. The monoisotopic (exact) mass is 248 g/mol. The number of nitrogens with one attached hydrogen (secondary N) is 1. The molecule has 2 heterocycles. The lowest BCUT2D eigenvalue weighted by Crippen LogP contribution is -2.41. The molecule has 1 aliphatic rings. The van der Waals surface area contributed by atoms with E-state index in [1.165, 1.54) is 19.3 Å². The maximum atomic E-state index is 6.20. The highest BCUT2D eigenvalue weighted by atomic mass is 16.5. The summed E-state index contributed by atoms with van der Waals surface area (Å²) in [5, 5.41) is 3.58. The van der Waals surface area contributed by atoms with E-state index in [1.54, 1.807) is 0 Å². The third-order valence-electron chi connectivity index (χ3n) is 3.65. The largest absolute Gasteiger partial charge is 0.367 e. The summed E-state index contributed by atoms with van der Waals surface area (Å²) in [5.41, 5.74) is 1.05. The zero-order chi connectivity index (χ0) is 12.8. The summed E-state index contributed by atoms with van der Waals surface area (Å²) in [5.74, 6) is 0. The molecule has 0 aromatic carbocycles. The van der Waals surface area contributed by atoms with Crippen molar-refractivity contribution < 1.29 is 4.74 Å². The number of piperidine rings is 1. The number of ether oxygens (including phenoxy) is 1. The van der Waals surface area contributed by atoms with Crippen molar-refractivity contribution in [3.63, 3.8) is 0 Å². The Labute approximate surface area is 110 Å². The average molecular weight is 248 g/mol. The van der Waals surface area contributed by atoms with Crippen molar-refractivity contribution in [2.45, 2.75) is 57.8 Å². The first-order valence-corrected chi connectivity index (χ1v) is 7.11. The van der Waals surface area contributed by atoms with Gasteiger partial charge in [-0.1, -0.05) is 19.4 Å². The van der Waals surface area contributed by atoms with Crippen LogP contribution in [0.4, 0.5) is 0 Å². The molecular formula is C15H24N2O. The molecule has 3 atom stereocenters. The molecule has 1 fully saturated rings. The molecule has 3 heteroatoms. The van der Waals surface area contributed by atoms with Gasteiger partial charge in [0, 0.05) is 12.2 Å². The van der Waals surface area contributed by atoms with Crippen LogP contribution in [0.2, 0.25) is 0 Å². The third kappa shape index (κ3) is 3.53. The van der Waals surface area contributed by atoms with E-state index in [1.807, 2.05) is 18.3 Å². The molecule has 0 bridgehead atoms. The Kier molecular flexibility index (Phi) is 5.14. The van der Waals surface area contributed by atoms with Crippen LogP contribution < -0.4 is 5.32 Å². The van der Waals surface area contributed by atoms with Gasteiger partial charge in [0.05, 0.1) is 11.8 Å². The Morgan fingerprint density at radius 2 is 2.33 bits per heavy atom. The molecule has 0 amide bonds. The second-order valence-electron chi connectivity index (χ2n) is 5.09. The topological polar surface area (TPSA) is 34.1 Å². The fraction of sp³-hybridized carbons (Fsp3) is 0.667. The van der Waals surface area contributed by atoms with Crippen LogP contribution in [-0.4, -0.2) is 23.7 Å². The molecule has 18 heavy (non-hydrogen) atoms. The first kappa shape index (κ1) is 13.5. The lowest BCUT2D eigenvalue weighted by molar-refractivity contribution is -0.0330. The van der Waals surface area contributed by atoms with Crippen molar-refractivity contribution in [3.05, 3.63) is 30.1 Å². The molecule has 0 saturated carbocycles. The van der Waals surface area contributed by atoms with Gasteiger partial charge in [0.25, 0.3) is 0 Å². The van der Waals surface area contributed by atoms with E-state index in [0.717, 1.165) is 18.7 Å². The van der Waals surface area contributed by atoms with Gasteiger partial charge < -0.3 is 10.1 Å². The van der Waals surface area contributed by atoms with Gasteiger partial charge in [0.15, 0.2) is 0 Å². The quantitative estimate of drug-likeness (QED) is 0.869. The zero-order valence-electron chi connectivity index (χ0n) is 11.4. The Hall–Kier alpha value is -0.930. The van der Waals surface area contributed by atoms with Crippen LogP contribution in [0.3, 0.4) is 0 Å². The number of hydrogen-bond acceptors (Lipinski definition) is 3. The molecule has 2 rings (SSSR count). The van der Waals surface area contributed by atoms with Crippen molar-refractivity contribution in [3.8, 4) is 0 Å². The van der Waals surface area contributed by atoms with Crippen LogP contribution in [0.15, 0.2) is 24.4 Å². The van der Waals surface area contributed by atoms with Crippen molar-refractivity contribution >= 4 is 0 Å². The summed E-state index contributed by atoms with van der Waals surface area (Å²) in [4.78, 5) is 4.48. The number of nitrogens with zero attached hydrogens (tertiary/aromatic N) is 1. The fourth-order valence-corrected chi connectivity index (χ4v) is 2.40. The first-order valence-electron chi connectivity index (χ1n) is 7.11. The molecule has 1 saturated heterocycles. The van der Waals surface area contributed by atoms with E-state index in [-0.39, 0.29) is 12.2 Å². The van der Waals surface area contributed by atoms with Gasteiger partial charge in [-0.3, -0.25) is 4.98 Å². The van der Waals surface area contributed by atoms with Crippen LogP contribution in [0.25, 0.3) is 0 Å². The van der Waals surface area contributed by atoms with Crippen LogP contribution in [0.1, 0.15) is 51.3 Å². The maximum Gasteiger partial charge on any atom is 0.115 e. The van der Waals surface area contributed by atoms with Gasteiger partial charge in [-0.2, -0.15) is 0 Å². The molecule has 0 aliphatic carbocycles. The van der Waals surface area contributed by atoms with Crippen molar-refractivity contribution in [2.75, 3.05) is 6.54 Å². The zero-order valence-corrected chi connectivity index (χ0v) is 11.4. The minimum absolute atomic E-state index is 0.0847. The van der Waals surface area contributed by atoms with Crippen LogP contribution in [0.5, 0.6) is 0 Å². The second-order valence-corrected chi connectivity index (χ2v) is 5.09. The molecule has 100 valence electrons. The number of hydrogen-bond donors (Lipinski definition) is 1. The molecule has 0 radical (unpaired) electrons. The summed E-state index contributed by atoms with van der Waals surface area (Å²) < 4.78 is 6.20. The Balaban J connectivity index is 2.11. The van der Waals surface area contributed by atoms with E-state index in [2.05, 4.69) is 30.2 Å². The molecule has 1 N–H and O–H groups in total. The molecule has 1 aliphatic heterocycles. The highest BCUT2D eigenvalue weighted by Gasteiger charge is 2.27. The van der Waals surface area contributed by atoms with Gasteiger partial charge in [-0.25, -0.2) is 0 Å². The predicted molar refractivity (Wildman–Crippen MR) is 73.5 cm³/mol. The smallest absolute Gasteiger partial charge is 0.115 e. The third-order valence-corrected chi connectivity index (χ3v) is 3.65. The van der Waals surface area contributed by atoms with Crippen LogP contribution in [0, 0.1) is 0 Å². The summed E-state index contributed by atoms with van der Waals surface area (Å²) in [6, 6.07) is 6.47. The number of pyridine rings is 1. The number of rotatable bonds is 5. The lowest BCUT2D eigenvalue weighted by atomic mass is 9.97. The van der Waals surface area contributed by atoms with Gasteiger partial charge in [0.1, 0.15) is 6.10 Å². The molecule has 3 unspecified atom stereocenters. The lowest BCUT2D eigenvalue weighted by Gasteiger charge is -2.32.